The zero-order chi connectivity index (χ0) is 22.1. The number of hydrogen-bond acceptors (Lipinski definition) is 5. The smallest absolute Gasteiger partial charge is 0.271 e. The molecule has 0 saturated carbocycles. The monoisotopic (exact) mass is 437 g/mol. The van der Waals surface area contributed by atoms with Gasteiger partial charge in [-0.2, -0.15) is 5.26 Å². The van der Waals surface area contributed by atoms with Gasteiger partial charge in [0.15, 0.2) is 0 Å². The first-order valence-corrected chi connectivity index (χ1v) is 9.98. The molecule has 8 heteroatoms. The summed E-state index contributed by atoms with van der Waals surface area (Å²) in [7, 11) is 3.32. The Kier molecular flexibility index (Phi) is 9.90. The molecule has 1 unspecified atom stereocenters. The lowest BCUT2D eigenvalue weighted by Gasteiger charge is -2.20. The number of hydrogen-bond donors (Lipinski definition) is 1. The molecule has 0 aliphatic heterocycles. The van der Waals surface area contributed by atoms with E-state index in [0.717, 1.165) is 5.56 Å². The van der Waals surface area contributed by atoms with Gasteiger partial charge in [0.25, 0.3) is 5.91 Å². The van der Waals surface area contributed by atoms with E-state index in [4.69, 9.17) is 27.9 Å². The molecule has 0 saturated heterocycles. The van der Waals surface area contributed by atoms with Crippen LogP contribution in [-0.2, 0) is 0 Å². The number of aliphatic hydroxyl groups excluding tert-OH is 1. The lowest BCUT2D eigenvalue weighted by atomic mass is 9.91. The van der Waals surface area contributed by atoms with E-state index in [1.165, 1.54) is 4.90 Å². The molecule has 0 aliphatic carbocycles. The van der Waals surface area contributed by atoms with Crippen LogP contribution < -0.4 is 4.74 Å². The maximum Gasteiger partial charge on any atom is 0.271 e. The number of benzene rings is 1. The molecule has 0 aliphatic rings. The van der Waals surface area contributed by atoms with Gasteiger partial charge in [-0.05, 0) is 38.5 Å². The number of carbonyl (C=O) groups excluding carboxylic acids is 1. The predicted octanol–water partition coefficient (Wildman–Crippen LogP) is 4.50. The van der Waals surface area contributed by atoms with E-state index in [9.17, 15) is 15.2 Å². The first kappa shape index (κ1) is 24.7. The molecular formula is C21H25Cl2N3O3. The average molecular weight is 438 g/mol. The third kappa shape index (κ3) is 6.07. The fourth-order valence-corrected chi connectivity index (χ4v) is 2.75. The second kappa shape index (κ2) is 11.6. The van der Waals surface area contributed by atoms with Crippen molar-refractivity contribution < 1.29 is 14.6 Å². The van der Waals surface area contributed by atoms with Crippen LogP contribution in [0.1, 0.15) is 47.1 Å². The number of nitrogens with zero attached hydrogens (tertiary/aromatic N) is 3. The number of halogens is 2. The SMILES string of the molecule is CCOc1c(C(C)O)cc(C)c(C#N)c1-c1ccc(C(=O)N(C)C)nc1.ClCCl. The van der Waals surface area contributed by atoms with Crippen LogP contribution in [0.2, 0.25) is 0 Å². The van der Waals surface area contributed by atoms with E-state index in [1.54, 1.807) is 45.4 Å². The van der Waals surface area contributed by atoms with Gasteiger partial charge in [-0.25, -0.2) is 0 Å². The second-order valence-corrected chi connectivity index (χ2v) is 7.12. The molecule has 1 heterocycles. The van der Waals surface area contributed by atoms with E-state index in [2.05, 4.69) is 11.1 Å². The fourth-order valence-electron chi connectivity index (χ4n) is 2.75. The minimum absolute atomic E-state index is 0.194. The standard InChI is InChI=1S/C20H23N3O3.CH2Cl2/c1-6-26-19-15(13(3)24)9-12(2)16(10-21)18(19)14-7-8-17(22-11-14)20(25)23(4)5;2-1-3/h7-9,11,13,24H,6H2,1-5H3;1H2. The number of aryl methyl sites for hydroxylation is 1. The van der Waals surface area contributed by atoms with Gasteiger partial charge in [-0.3, -0.25) is 9.78 Å². The molecule has 2 rings (SSSR count). The minimum atomic E-state index is -0.746. The van der Waals surface area contributed by atoms with Crippen LogP contribution in [-0.4, -0.2) is 46.9 Å². The van der Waals surface area contributed by atoms with Crippen molar-refractivity contribution in [3.63, 3.8) is 0 Å². The van der Waals surface area contributed by atoms with Crippen LogP contribution in [0.4, 0.5) is 0 Å². The first-order valence-electron chi connectivity index (χ1n) is 8.91. The zero-order valence-corrected chi connectivity index (χ0v) is 18.7. The van der Waals surface area contributed by atoms with Crippen molar-refractivity contribution in [2.75, 3.05) is 26.0 Å². The molecule has 1 amide bonds. The Labute approximate surface area is 181 Å². The first-order chi connectivity index (χ1) is 13.7. The van der Waals surface area contributed by atoms with E-state index >= 15 is 0 Å². The largest absolute Gasteiger partial charge is 0.493 e. The Bertz CT molecular complexity index is 876. The van der Waals surface area contributed by atoms with Crippen LogP contribution in [0.5, 0.6) is 5.75 Å². The molecular weight excluding hydrogens is 413 g/mol. The van der Waals surface area contributed by atoms with Crippen molar-refractivity contribution in [3.8, 4) is 22.9 Å². The normalized spacial score (nSPS) is 11.0. The summed E-state index contributed by atoms with van der Waals surface area (Å²) in [6.07, 6.45) is 0.810. The van der Waals surface area contributed by atoms with E-state index in [1.807, 2.05) is 13.8 Å². The summed E-state index contributed by atoms with van der Waals surface area (Å²) in [6, 6.07) is 7.36. The number of aliphatic hydroxyl groups is 1. The van der Waals surface area contributed by atoms with Crippen molar-refractivity contribution in [1.29, 1.82) is 5.26 Å². The highest BCUT2D eigenvalue weighted by atomic mass is 35.5. The van der Waals surface area contributed by atoms with Crippen LogP contribution in [0.25, 0.3) is 11.1 Å². The number of aromatic nitrogens is 1. The quantitative estimate of drug-likeness (QED) is 0.695. The number of rotatable bonds is 5. The highest BCUT2D eigenvalue weighted by Crippen LogP contribution is 2.40. The Morgan fingerprint density at radius 2 is 2.00 bits per heavy atom. The summed E-state index contributed by atoms with van der Waals surface area (Å²) >= 11 is 9.53. The molecule has 0 fully saturated rings. The van der Waals surface area contributed by atoms with Crippen LogP contribution in [0, 0.1) is 18.3 Å². The molecule has 1 N–H and O–H groups in total. The maximum atomic E-state index is 12.0. The zero-order valence-electron chi connectivity index (χ0n) is 17.2. The molecule has 2 aromatic rings. The highest BCUT2D eigenvalue weighted by molar-refractivity contribution is 6.40. The molecule has 0 bridgehead atoms. The van der Waals surface area contributed by atoms with Crippen molar-refractivity contribution in [2.24, 2.45) is 0 Å². The number of alkyl halides is 2. The van der Waals surface area contributed by atoms with Crippen molar-refractivity contribution in [1.82, 2.24) is 9.88 Å². The van der Waals surface area contributed by atoms with Gasteiger partial charge in [0.1, 0.15) is 17.5 Å². The maximum absolute atomic E-state index is 12.0. The summed E-state index contributed by atoms with van der Waals surface area (Å²) in [5.74, 6) is 0.272. The van der Waals surface area contributed by atoms with E-state index < -0.39 is 6.10 Å². The minimum Gasteiger partial charge on any atom is -0.493 e. The van der Waals surface area contributed by atoms with Gasteiger partial charge in [0, 0.05) is 37.0 Å². The Balaban J connectivity index is 0.00000132. The van der Waals surface area contributed by atoms with Gasteiger partial charge >= 0.3 is 0 Å². The summed E-state index contributed by atoms with van der Waals surface area (Å²) in [5.41, 5.74) is 3.39. The van der Waals surface area contributed by atoms with E-state index in [-0.39, 0.29) is 11.2 Å². The third-order valence-electron chi connectivity index (χ3n) is 4.03. The van der Waals surface area contributed by atoms with Gasteiger partial charge in [-0.15, -0.1) is 23.2 Å². The van der Waals surface area contributed by atoms with Crippen molar-refractivity contribution in [2.45, 2.75) is 26.9 Å². The molecule has 6 nitrogen and oxygen atoms in total. The Morgan fingerprint density at radius 1 is 1.38 bits per heavy atom. The average Bonchev–Trinajstić information content (AvgIpc) is 2.68. The van der Waals surface area contributed by atoms with Crippen LogP contribution in [0.15, 0.2) is 24.4 Å². The summed E-state index contributed by atoms with van der Waals surface area (Å²) in [4.78, 5) is 17.7. The van der Waals surface area contributed by atoms with Crippen LogP contribution >= 0.6 is 23.2 Å². The number of carbonyl (C=O) groups is 1. The topological polar surface area (TPSA) is 86.4 Å². The Hall–Kier alpha value is -2.33. The molecule has 1 aromatic carbocycles. The number of pyridine rings is 1. The molecule has 156 valence electrons. The number of ether oxygens (including phenoxy) is 1. The van der Waals surface area contributed by atoms with Crippen molar-refractivity contribution in [3.05, 3.63) is 46.8 Å². The van der Waals surface area contributed by atoms with E-state index in [0.29, 0.717) is 40.3 Å². The van der Waals surface area contributed by atoms with Crippen molar-refractivity contribution >= 4 is 29.1 Å². The summed E-state index contributed by atoms with van der Waals surface area (Å²) in [6.45, 7) is 5.72. The number of amides is 1. The summed E-state index contributed by atoms with van der Waals surface area (Å²) in [5, 5.41) is 20.0. The van der Waals surface area contributed by atoms with Crippen LogP contribution in [0.3, 0.4) is 0 Å². The Morgan fingerprint density at radius 3 is 2.41 bits per heavy atom. The van der Waals surface area contributed by atoms with Gasteiger partial charge in [-0.1, -0.05) is 6.07 Å². The molecule has 0 spiro atoms. The lowest BCUT2D eigenvalue weighted by Crippen LogP contribution is -2.22. The molecule has 29 heavy (non-hydrogen) atoms. The third-order valence-corrected chi connectivity index (χ3v) is 4.03. The molecule has 0 radical (unpaired) electrons. The lowest BCUT2D eigenvalue weighted by molar-refractivity contribution is 0.0822. The van der Waals surface area contributed by atoms with Gasteiger partial charge < -0.3 is 14.7 Å². The van der Waals surface area contributed by atoms with Gasteiger partial charge in [0.2, 0.25) is 0 Å². The highest BCUT2D eigenvalue weighted by Gasteiger charge is 2.22. The fraction of sp³-hybridized carbons (Fsp3) is 0.381. The van der Waals surface area contributed by atoms with Gasteiger partial charge in [0.05, 0.1) is 23.6 Å². The predicted molar refractivity (Wildman–Crippen MR) is 116 cm³/mol. The number of nitriles is 1. The second-order valence-electron chi connectivity index (χ2n) is 6.32. The summed E-state index contributed by atoms with van der Waals surface area (Å²) < 4.78 is 5.78. The molecule has 1 atom stereocenters. The molecule has 1 aromatic heterocycles.